The lowest BCUT2D eigenvalue weighted by Crippen LogP contribution is -2.39. The van der Waals surface area contributed by atoms with Gasteiger partial charge in [-0.15, -0.1) is 0 Å². The van der Waals surface area contributed by atoms with E-state index in [0.29, 0.717) is 6.04 Å². The Balaban J connectivity index is 2.66. The maximum absolute atomic E-state index is 4.38. The van der Waals surface area contributed by atoms with Crippen molar-refractivity contribution in [3.8, 4) is 0 Å². The van der Waals surface area contributed by atoms with Gasteiger partial charge in [0.15, 0.2) is 0 Å². The van der Waals surface area contributed by atoms with E-state index in [2.05, 4.69) is 35.4 Å². The van der Waals surface area contributed by atoms with Crippen LogP contribution in [0.5, 0.6) is 0 Å². The monoisotopic (exact) mass is 213 g/mol. The van der Waals surface area contributed by atoms with E-state index in [-0.39, 0.29) is 5.41 Å². The van der Waals surface area contributed by atoms with Crippen molar-refractivity contribution < 1.29 is 0 Å². The third-order valence-electron chi connectivity index (χ3n) is 2.34. The third-order valence-corrected chi connectivity index (χ3v) is 3.17. The van der Waals surface area contributed by atoms with Crippen molar-refractivity contribution in [2.75, 3.05) is 7.05 Å². The molecule has 4 heteroatoms. The Hall–Kier alpha value is -0.480. The molecular formula is C10H19N3S. The quantitative estimate of drug-likeness (QED) is 0.835. The fourth-order valence-corrected chi connectivity index (χ4v) is 2.13. The van der Waals surface area contributed by atoms with E-state index in [9.17, 15) is 0 Å². The molecular weight excluding hydrogens is 194 g/mol. The molecule has 0 aromatic carbocycles. The molecule has 0 aliphatic rings. The van der Waals surface area contributed by atoms with E-state index in [1.54, 1.807) is 0 Å². The topological polar surface area (TPSA) is 37.8 Å². The highest BCUT2D eigenvalue weighted by Crippen LogP contribution is 2.22. The number of aromatic nitrogens is 2. The molecule has 0 aliphatic carbocycles. The highest BCUT2D eigenvalue weighted by atomic mass is 32.1. The van der Waals surface area contributed by atoms with Crippen LogP contribution in [0.3, 0.4) is 0 Å². The van der Waals surface area contributed by atoms with Crippen LogP contribution in [-0.4, -0.2) is 22.4 Å². The summed E-state index contributed by atoms with van der Waals surface area (Å²) in [6.45, 7) is 8.65. The molecule has 0 spiro atoms. The Labute approximate surface area is 90.1 Å². The first-order valence-electron chi connectivity index (χ1n) is 4.90. The van der Waals surface area contributed by atoms with Crippen LogP contribution in [-0.2, 0) is 6.42 Å². The van der Waals surface area contributed by atoms with E-state index in [1.165, 1.54) is 11.5 Å². The van der Waals surface area contributed by atoms with Crippen LogP contribution in [0.4, 0.5) is 0 Å². The number of nitrogens with one attached hydrogen (secondary N) is 1. The van der Waals surface area contributed by atoms with E-state index in [0.717, 1.165) is 17.3 Å². The molecule has 1 unspecified atom stereocenters. The van der Waals surface area contributed by atoms with Crippen molar-refractivity contribution in [3.63, 3.8) is 0 Å². The standard InChI is InChI=1S/C10H19N3S/c1-7-12-9(14-13-7)6-8(11-5)10(2,3)4/h8,11H,6H2,1-5H3. The smallest absolute Gasteiger partial charge is 0.139 e. The second-order valence-electron chi connectivity index (χ2n) is 4.65. The zero-order chi connectivity index (χ0) is 10.8. The summed E-state index contributed by atoms with van der Waals surface area (Å²) in [4.78, 5) is 4.38. The number of hydrogen-bond acceptors (Lipinski definition) is 4. The van der Waals surface area contributed by atoms with E-state index >= 15 is 0 Å². The van der Waals surface area contributed by atoms with Gasteiger partial charge in [-0.05, 0) is 30.9 Å². The molecule has 1 N–H and O–H groups in total. The van der Waals surface area contributed by atoms with Gasteiger partial charge >= 0.3 is 0 Å². The molecule has 0 saturated carbocycles. The highest BCUT2D eigenvalue weighted by molar-refractivity contribution is 7.05. The van der Waals surface area contributed by atoms with Crippen LogP contribution in [0.25, 0.3) is 0 Å². The number of nitrogens with zero attached hydrogens (tertiary/aromatic N) is 2. The minimum absolute atomic E-state index is 0.258. The van der Waals surface area contributed by atoms with Gasteiger partial charge in [-0.2, -0.15) is 4.37 Å². The van der Waals surface area contributed by atoms with Gasteiger partial charge in [0.2, 0.25) is 0 Å². The average Bonchev–Trinajstić information content (AvgIpc) is 2.45. The fraction of sp³-hybridized carbons (Fsp3) is 0.800. The lowest BCUT2D eigenvalue weighted by molar-refractivity contribution is 0.279. The molecule has 1 aromatic rings. The summed E-state index contributed by atoms with van der Waals surface area (Å²) in [7, 11) is 2.00. The van der Waals surface area contributed by atoms with Gasteiger partial charge in [0.05, 0.1) is 0 Å². The first kappa shape index (κ1) is 11.6. The first-order valence-corrected chi connectivity index (χ1v) is 5.67. The fourth-order valence-electron chi connectivity index (χ4n) is 1.44. The zero-order valence-electron chi connectivity index (χ0n) is 9.59. The van der Waals surface area contributed by atoms with Crippen molar-refractivity contribution in [2.45, 2.75) is 40.2 Å². The van der Waals surface area contributed by atoms with Gasteiger partial charge in [-0.3, -0.25) is 0 Å². The van der Waals surface area contributed by atoms with Crippen LogP contribution < -0.4 is 5.32 Å². The van der Waals surface area contributed by atoms with E-state index < -0.39 is 0 Å². The first-order chi connectivity index (χ1) is 6.43. The Bertz CT molecular complexity index is 288. The van der Waals surface area contributed by atoms with Crippen LogP contribution in [0.15, 0.2) is 0 Å². The minimum atomic E-state index is 0.258. The molecule has 14 heavy (non-hydrogen) atoms. The summed E-state index contributed by atoms with van der Waals surface area (Å²) in [5.41, 5.74) is 0.258. The second-order valence-corrected chi connectivity index (χ2v) is 5.48. The predicted octanol–water partition coefficient (Wildman–Crippen LogP) is 2.02. The Morgan fingerprint density at radius 3 is 2.43 bits per heavy atom. The number of likely N-dealkylation sites (N-methyl/N-ethyl adjacent to an activating group) is 1. The molecule has 0 fully saturated rings. The summed E-state index contributed by atoms with van der Waals surface area (Å²) in [6, 6.07) is 0.454. The van der Waals surface area contributed by atoms with Crippen molar-refractivity contribution in [2.24, 2.45) is 5.41 Å². The molecule has 1 atom stereocenters. The van der Waals surface area contributed by atoms with Gasteiger partial charge in [-0.1, -0.05) is 20.8 Å². The molecule has 1 rings (SSSR count). The average molecular weight is 213 g/mol. The highest BCUT2D eigenvalue weighted by Gasteiger charge is 2.24. The molecule has 1 heterocycles. The zero-order valence-corrected chi connectivity index (χ0v) is 10.4. The van der Waals surface area contributed by atoms with E-state index in [4.69, 9.17) is 0 Å². The Morgan fingerprint density at radius 1 is 1.43 bits per heavy atom. The maximum Gasteiger partial charge on any atom is 0.139 e. The van der Waals surface area contributed by atoms with Gasteiger partial charge in [0, 0.05) is 12.5 Å². The van der Waals surface area contributed by atoms with Gasteiger partial charge in [0.1, 0.15) is 10.8 Å². The largest absolute Gasteiger partial charge is 0.316 e. The molecule has 0 bridgehead atoms. The van der Waals surface area contributed by atoms with Gasteiger partial charge in [0.25, 0.3) is 0 Å². The lowest BCUT2D eigenvalue weighted by atomic mass is 9.85. The molecule has 0 radical (unpaired) electrons. The summed E-state index contributed by atoms with van der Waals surface area (Å²) >= 11 is 1.51. The van der Waals surface area contributed by atoms with Gasteiger partial charge < -0.3 is 5.32 Å². The normalized spacial score (nSPS) is 14.4. The van der Waals surface area contributed by atoms with Crippen LogP contribution in [0.2, 0.25) is 0 Å². The molecule has 0 saturated heterocycles. The molecule has 0 aliphatic heterocycles. The van der Waals surface area contributed by atoms with Crippen molar-refractivity contribution in [3.05, 3.63) is 10.8 Å². The number of hydrogen-bond donors (Lipinski definition) is 1. The van der Waals surface area contributed by atoms with E-state index in [1.807, 2.05) is 14.0 Å². The molecule has 0 amide bonds. The van der Waals surface area contributed by atoms with Crippen molar-refractivity contribution in [1.82, 2.24) is 14.7 Å². The van der Waals surface area contributed by atoms with Crippen molar-refractivity contribution in [1.29, 1.82) is 0 Å². The van der Waals surface area contributed by atoms with Gasteiger partial charge in [-0.25, -0.2) is 4.98 Å². The Kier molecular flexibility index (Phi) is 3.61. The molecule has 1 aromatic heterocycles. The molecule has 80 valence electrons. The van der Waals surface area contributed by atoms with Crippen molar-refractivity contribution >= 4 is 11.5 Å². The van der Waals surface area contributed by atoms with Crippen LogP contribution in [0, 0.1) is 12.3 Å². The second kappa shape index (κ2) is 4.36. The number of aryl methyl sites for hydroxylation is 1. The summed E-state index contributed by atoms with van der Waals surface area (Å²) in [5, 5.41) is 4.46. The SMILES string of the molecule is CNC(Cc1nc(C)ns1)C(C)(C)C. The third kappa shape index (κ3) is 3.03. The van der Waals surface area contributed by atoms with Crippen LogP contribution in [0.1, 0.15) is 31.6 Å². The number of rotatable bonds is 3. The van der Waals surface area contributed by atoms with Crippen LogP contribution >= 0.6 is 11.5 Å². The lowest BCUT2D eigenvalue weighted by Gasteiger charge is -2.29. The Morgan fingerprint density at radius 2 is 2.07 bits per heavy atom. The summed E-state index contributed by atoms with van der Waals surface area (Å²) in [6.07, 6.45) is 0.964. The molecule has 3 nitrogen and oxygen atoms in total. The summed E-state index contributed by atoms with van der Waals surface area (Å²) < 4.78 is 4.19. The minimum Gasteiger partial charge on any atom is -0.316 e. The maximum atomic E-state index is 4.38. The predicted molar refractivity (Wildman–Crippen MR) is 60.7 cm³/mol. The summed E-state index contributed by atoms with van der Waals surface area (Å²) in [5.74, 6) is 0.883.